The third-order valence-electron chi connectivity index (χ3n) is 5.23. The minimum atomic E-state index is -4.54. The van der Waals surface area contributed by atoms with E-state index in [2.05, 4.69) is 10.6 Å². The summed E-state index contributed by atoms with van der Waals surface area (Å²) in [5.41, 5.74) is -1.09. The predicted octanol–water partition coefficient (Wildman–Crippen LogP) is 4.17. The van der Waals surface area contributed by atoms with Crippen LogP contribution in [0.2, 0.25) is 5.02 Å². The Morgan fingerprint density at radius 2 is 1.74 bits per heavy atom. The van der Waals surface area contributed by atoms with Crippen LogP contribution in [0.1, 0.15) is 54.4 Å². The number of alkyl halides is 3. The highest BCUT2D eigenvalue weighted by Crippen LogP contribution is 2.32. The molecule has 2 amide bonds. The van der Waals surface area contributed by atoms with Crippen LogP contribution >= 0.6 is 11.6 Å². The van der Waals surface area contributed by atoms with E-state index in [1.807, 2.05) is 0 Å². The van der Waals surface area contributed by atoms with E-state index in [0.29, 0.717) is 31.6 Å². The summed E-state index contributed by atoms with van der Waals surface area (Å²) in [5.74, 6) is 0.0103. The molecule has 0 radical (unpaired) electrons. The van der Waals surface area contributed by atoms with E-state index in [4.69, 9.17) is 11.6 Å². The van der Waals surface area contributed by atoms with Crippen molar-refractivity contribution in [3.8, 4) is 0 Å². The Kier molecular flexibility index (Phi) is 5.99. The molecule has 148 valence electrons. The summed E-state index contributed by atoms with van der Waals surface area (Å²) >= 11 is 5.91. The fourth-order valence-corrected chi connectivity index (χ4v) is 3.55. The molecule has 2 saturated carbocycles. The van der Waals surface area contributed by atoms with Crippen LogP contribution in [0.15, 0.2) is 18.2 Å². The molecule has 0 atom stereocenters. The third kappa shape index (κ3) is 5.37. The highest BCUT2D eigenvalue weighted by atomic mass is 35.5. The van der Waals surface area contributed by atoms with Crippen LogP contribution in [0, 0.1) is 11.8 Å². The van der Waals surface area contributed by atoms with Gasteiger partial charge in [-0.15, -0.1) is 0 Å². The molecule has 2 aliphatic rings. The van der Waals surface area contributed by atoms with Gasteiger partial charge in [0.25, 0.3) is 5.91 Å². The van der Waals surface area contributed by atoms with Crippen LogP contribution in [-0.2, 0) is 11.0 Å². The van der Waals surface area contributed by atoms with Crippen molar-refractivity contribution >= 4 is 23.4 Å². The molecule has 1 aromatic rings. The Balaban J connectivity index is 1.52. The summed E-state index contributed by atoms with van der Waals surface area (Å²) in [6, 6.07) is 2.54. The largest absolute Gasteiger partial charge is 0.416 e. The number of hydrogen-bond acceptors (Lipinski definition) is 2. The summed E-state index contributed by atoms with van der Waals surface area (Å²) in [7, 11) is 0. The molecule has 0 unspecified atom stereocenters. The van der Waals surface area contributed by atoms with Crippen molar-refractivity contribution in [3.05, 3.63) is 34.3 Å². The summed E-state index contributed by atoms with van der Waals surface area (Å²) < 4.78 is 38.5. The van der Waals surface area contributed by atoms with E-state index < -0.39 is 17.6 Å². The van der Waals surface area contributed by atoms with Gasteiger partial charge in [-0.05, 0) is 62.6 Å². The molecule has 2 aliphatic carbocycles. The molecule has 0 saturated heterocycles. The molecule has 4 nitrogen and oxygen atoms in total. The average Bonchev–Trinajstić information content (AvgIpc) is 3.44. The Morgan fingerprint density at radius 3 is 2.33 bits per heavy atom. The lowest BCUT2D eigenvalue weighted by molar-refractivity contribution is -0.137. The molecule has 1 aromatic carbocycles. The molecular formula is C19H22ClF3N2O2. The SMILES string of the molecule is O=C(NC1CCC(C(=O)NCC2CC2)CC1)c1cc(C(F)(F)F)ccc1Cl. The van der Waals surface area contributed by atoms with Gasteiger partial charge in [-0.3, -0.25) is 9.59 Å². The summed E-state index contributed by atoms with van der Waals surface area (Å²) in [6.45, 7) is 0.740. The smallest absolute Gasteiger partial charge is 0.356 e. The highest BCUT2D eigenvalue weighted by Gasteiger charge is 2.33. The summed E-state index contributed by atoms with van der Waals surface area (Å²) in [6.07, 6.45) is 0.350. The topological polar surface area (TPSA) is 58.2 Å². The van der Waals surface area contributed by atoms with Crippen molar-refractivity contribution in [3.63, 3.8) is 0 Å². The Labute approximate surface area is 160 Å². The number of rotatable bonds is 5. The minimum Gasteiger partial charge on any atom is -0.356 e. The fraction of sp³-hybridized carbons (Fsp3) is 0.579. The van der Waals surface area contributed by atoms with Crippen molar-refractivity contribution in [2.45, 2.75) is 50.7 Å². The Morgan fingerprint density at radius 1 is 1.07 bits per heavy atom. The number of amides is 2. The second kappa shape index (κ2) is 8.09. The van der Waals surface area contributed by atoms with Gasteiger partial charge >= 0.3 is 6.18 Å². The first-order valence-electron chi connectivity index (χ1n) is 9.19. The van der Waals surface area contributed by atoms with Crippen LogP contribution in [0.4, 0.5) is 13.2 Å². The zero-order chi connectivity index (χ0) is 19.6. The van der Waals surface area contributed by atoms with Gasteiger partial charge < -0.3 is 10.6 Å². The number of halogens is 4. The maximum Gasteiger partial charge on any atom is 0.416 e. The molecule has 0 aromatic heterocycles. The monoisotopic (exact) mass is 402 g/mol. The van der Waals surface area contributed by atoms with Gasteiger partial charge in [0.15, 0.2) is 0 Å². The van der Waals surface area contributed by atoms with Gasteiger partial charge in [-0.2, -0.15) is 13.2 Å². The summed E-state index contributed by atoms with van der Waals surface area (Å²) in [5, 5.41) is 5.71. The average molecular weight is 403 g/mol. The quantitative estimate of drug-likeness (QED) is 0.776. The zero-order valence-electron chi connectivity index (χ0n) is 14.7. The van der Waals surface area contributed by atoms with Crippen LogP contribution in [0.5, 0.6) is 0 Å². The molecule has 8 heteroatoms. The maximum absolute atomic E-state index is 12.8. The van der Waals surface area contributed by atoms with E-state index in [9.17, 15) is 22.8 Å². The molecular weight excluding hydrogens is 381 g/mol. The van der Waals surface area contributed by atoms with Gasteiger partial charge in [0, 0.05) is 18.5 Å². The Bertz CT molecular complexity index is 711. The van der Waals surface area contributed by atoms with Gasteiger partial charge in [0.2, 0.25) is 5.91 Å². The first kappa shape index (κ1) is 20.0. The van der Waals surface area contributed by atoms with E-state index in [1.165, 1.54) is 12.8 Å². The van der Waals surface area contributed by atoms with Crippen LogP contribution in [-0.4, -0.2) is 24.4 Å². The van der Waals surface area contributed by atoms with E-state index in [1.54, 1.807) is 0 Å². The van der Waals surface area contributed by atoms with Crippen molar-refractivity contribution in [1.29, 1.82) is 0 Å². The molecule has 3 rings (SSSR count). The molecule has 0 spiro atoms. The number of carbonyl (C=O) groups excluding carboxylic acids is 2. The molecule has 2 fully saturated rings. The minimum absolute atomic E-state index is 0.0198. The number of hydrogen-bond donors (Lipinski definition) is 2. The van der Waals surface area contributed by atoms with Gasteiger partial charge in [-0.25, -0.2) is 0 Å². The van der Waals surface area contributed by atoms with Crippen molar-refractivity contribution in [2.75, 3.05) is 6.54 Å². The second-order valence-corrected chi connectivity index (χ2v) is 7.81. The summed E-state index contributed by atoms with van der Waals surface area (Å²) in [4.78, 5) is 24.5. The molecule has 0 heterocycles. The first-order chi connectivity index (χ1) is 12.7. The second-order valence-electron chi connectivity index (χ2n) is 7.40. The number of benzene rings is 1. The lowest BCUT2D eigenvalue weighted by Crippen LogP contribution is -2.41. The van der Waals surface area contributed by atoms with Gasteiger partial charge in [-0.1, -0.05) is 11.6 Å². The Hall–Kier alpha value is -1.76. The zero-order valence-corrected chi connectivity index (χ0v) is 15.5. The van der Waals surface area contributed by atoms with Crippen molar-refractivity contribution in [2.24, 2.45) is 11.8 Å². The standard InChI is InChI=1S/C19H22ClF3N2O2/c20-16-8-5-13(19(21,22)23)9-15(16)18(27)25-14-6-3-12(4-7-14)17(26)24-10-11-1-2-11/h5,8-9,11-12,14H,1-4,6-7,10H2,(H,24,26)(H,25,27). The van der Waals surface area contributed by atoms with Crippen molar-refractivity contribution < 1.29 is 22.8 Å². The van der Waals surface area contributed by atoms with Gasteiger partial charge in [0.05, 0.1) is 16.1 Å². The maximum atomic E-state index is 12.8. The number of nitrogens with one attached hydrogen (secondary N) is 2. The van der Waals surface area contributed by atoms with E-state index >= 15 is 0 Å². The predicted molar refractivity (Wildman–Crippen MR) is 95.4 cm³/mol. The normalized spacial score (nSPS) is 23.0. The molecule has 2 N–H and O–H groups in total. The van der Waals surface area contributed by atoms with E-state index in [0.717, 1.165) is 24.7 Å². The van der Waals surface area contributed by atoms with Crippen LogP contribution < -0.4 is 10.6 Å². The van der Waals surface area contributed by atoms with Gasteiger partial charge in [0.1, 0.15) is 0 Å². The first-order valence-corrected chi connectivity index (χ1v) is 9.57. The number of carbonyl (C=O) groups is 2. The van der Waals surface area contributed by atoms with Crippen molar-refractivity contribution in [1.82, 2.24) is 10.6 Å². The lowest BCUT2D eigenvalue weighted by Gasteiger charge is -2.28. The molecule has 0 aliphatic heterocycles. The molecule has 0 bridgehead atoms. The van der Waals surface area contributed by atoms with Crippen LogP contribution in [0.25, 0.3) is 0 Å². The highest BCUT2D eigenvalue weighted by molar-refractivity contribution is 6.33. The fourth-order valence-electron chi connectivity index (χ4n) is 3.35. The third-order valence-corrected chi connectivity index (χ3v) is 5.56. The lowest BCUT2D eigenvalue weighted by atomic mass is 9.85. The van der Waals surface area contributed by atoms with E-state index in [-0.39, 0.29) is 28.5 Å². The van der Waals surface area contributed by atoms with Crippen LogP contribution in [0.3, 0.4) is 0 Å². The molecule has 27 heavy (non-hydrogen) atoms.